The highest BCUT2D eigenvalue weighted by atomic mass is 127. The third kappa shape index (κ3) is 10.5. The maximum absolute atomic E-state index is 12.4. The lowest BCUT2D eigenvalue weighted by molar-refractivity contribution is 0.204. The number of guanidine groups is 1. The summed E-state index contributed by atoms with van der Waals surface area (Å²) in [5.41, 5.74) is 0.877. The Hall–Kier alpha value is -0.910. The number of hydrogen-bond donors (Lipinski definition) is 3. The van der Waals surface area contributed by atoms with Crippen LogP contribution in [0, 0.1) is 5.92 Å². The molecule has 1 fully saturated rings. The zero-order chi connectivity index (χ0) is 21.8. The van der Waals surface area contributed by atoms with Crippen LogP contribution in [0.3, 0.4) is 0 Å². The zero-order valence-electron chi connectivity index (χ0n) is 19.0. The van der Waals surface area contributed by atoms with Crippen molar-refractivity contribution in [3.63, 3.8) is 0 Å². The molecule has 1 aliphatic rings. The van der Waals surface area contributed by atoms with Crippen LogP contribution in [0.15, 0.2) is 34.2 Å². The van der Waals surface area contributed by atoms with Crippen molar-refractivity contribution in [2.24, 2.45) is 10.9 Å². The lowest BCUT2D eigenvalue weighted by Crippen LogP contribution is -2.42. The van der Waals surface area contributed by atoms with Crippen LogP contribution in [0.4, 0.5) is 0 Å². The maximum atomic E-state index is 12.4. The van der Waals surface area contributed by atoms with Gasteiger partial charge >= 0.3 is 0 Å². The molecule has 0 spiro atoms. The number of methoxy groups -OCH3 is 1. The van der Waals surface area contributed by atoms with Crippen LogP contribution in [0.25, 0.3) is 0 Å². The molecule has 1 atom stereocenters. The molecule has 9 heteroatoms. The highest BCUT2D eigenvalue weighted by Gasteiger charge is 2.16. The highest BCUT2D eigenvalue weighted by Crippen LogP contribution is 2.27. The average molecular weight is 567 g/mol. The molecule has 7 nitrogen and oxygen atoms in total. The smallest absolute Gasteiger partial charge is 0.240 e. The number of ether oxygens (including phenoxy) is 1. The summed E-state index contributed by atoms with van der Waals surface area (Å²) in [4.78, 5) is 4.56. The second-order valence-electron chi connectivity index (χ2n) is 8.09. The Kier molecular flexibility index (Phi) is 13.6. The Morgan fingerprint density at radius 1 is 1.26 bits per heavy atom. The van der Waals surface area contributed by atoms with E-state index in [-0.39, 0.29) is 35.4 Å². The minimum Gasteiger partial charge on any atom is -0.383 e. The summed E-state index contributed by atoms with van der Waals surface area (Å²) < 4.78 is 32.2. The van der Waals surface area contributed by atoms with Crippen LogP contribution in [0.1, 0.15) is 57.4 Å². The van der Waals surface area contributed by atoms with E-state index in [4.69, 9.17) is 4.74 Å². The van der Waals surface area contributed by atoms with Gasteiger partial charge in [0.25, 0.3) is 0 Å². The van der Waals surface area contributed by atoms with Crippen molar-refractivity contribution in [3.8, 4) is 0 Å². The third-order valence-electron chi connectivity index (χ3n) is 5.61. The second-order valence-corrected chi connectivity index (χ2v) is 9.86. The van der Waals surface area contributed by atoms with Crippen molar-refractivity contribution in [1.29, 1.82) is 0 Å². The fourth-order valence-corrected chi connectivity index (χ4v) is 4.91. The van der Waals surface area contributed by atoms with Crippen molar-refractivity contribution in [2.45, 2.75) is 69.4 Å². The molecule has 178 valence electrons. The van der Waals surface area contributed by atoms with Crippen molar-refractivity contribution in [2.75, 3.05) is 27.3 Å². The molecule has 0 aliphatic heterocycles. The quantitative estimate of drug-likeness (QED) is 0.165. The number of aliphatic imine (C=N–C) groups is 1. The first kappa shape index (κ1) is 28.1. The SMILES string of the molecule is CN=C(NCc1cccc(S(=O)(=O)NCCOC)c1)NC(C)CCC1CCCCC1.I. The van der Waals surface area contributed by atoms with Crippen LogP contribution < -0.4 is 15.4 Å². The van der Waals surface area contributed by atoms with Gasteiger partial charge in [0.05, 0.1) is 11.5 Å². The van der Waals surface area contributed by atoms with Gasteiger partial charge in [0.15, 0.2) is 5.96 Å². The molecule has 0 saturated heterocycles. The predicted molar refractivity (Wildman–Crippen MR) is 138 cm³/mol. The van der Waals surface area contributed by atoms with Gasteiger partial charge in [0, 0.05) is 33.3 Å². The van der Waals surface area contributed by atoms with E-state index in [2.05, 4.69) is 27.3 Å². The summed E-state index contributed by atoms with van der Waals surface area (Å²) in [7, 11) is -0.246. The maximum Gasteiger partial charge on any atom is 0.240 e. The van der Waals surface area contributed by atoms with Gasteiger partial charge < -0.3 is 15.4 Å². The second kappa shape index (κ2) is 15.0. The van der Waals surface area contributed by atoms with Crippen molar-refractivity contribution in [3.05, 3.63) is 29.8 Å². The standard InChI is InChI=1S/C22H38N4O3S.HI/c1-18(12-13-19-8-5-4-6-9-19)26-22(23-2)24-17-20-10-7-11-21(16-20)30(27,28)25-14-15-29-3;/h7,10-11,16,18-19,25H,4-6,8-9,12-15,17H2,1-3H3,(H2,23,24,26);1H. The van der Waals surface area contributed by atoms with E-state index >= 15 is 0 Å². The Morgan fingerprint density at radius 3 is 2.68 bits per heavy atom. The number of nitrogens with zero attached hydrogens (tertiary/aromatic N) is 1. The minimum atomic E-state index is -3.54. The molecule has 0 bridgehead atoms. The summed E-state index contributed by atoms with van der Waals surface area (Å²) in [5, 5.41) is 6.74. The topological polar surface area (TPSA) is 91.8 Å². The van der Waals surface area contributed by atoms with Crippen molar-refractivity contribution in [1.82, 2.24) is 15.4 Å². The highest BCUT2D eigenvalue weighted by molar-refractivity contribution is 14.0. The number of sulfonamides is 1. The van der Waals surface area contributed by atoms with Crippen LogP contribution in [0.5, 0.6) is 0 Å². The van der Waals surface area contributed by atoms with Gasteiger partial charge in [-0.05, 0) is 43.4 Å². The molecule has 2 rings (SSSR count). The largest absolute Gasteiger partial charge is 0.383 e. The Bertz CT molecular complexity index is 768. The molecule has 1 saturated carbocycles. The Morgan fingerprint density at radius 2 is 2.00 bits per heavy atom. The van der Waals surface area contributed by atoms with E-state index in [9.17, 15) is 8.42 Å². The molecular weight excluding hydrogens is 527 g/mol. The number of halogens is 1. The summed E-state index contributed by atoms with van der Waals surface area (Å²) in [6.07, 6.45) is 9.30. The molecule has 1 aromatic rings. The van der Waals surface area contributed by atoms with E-state index in [1.165, 1.54) is 38.5 Å². The minimum absolute atomic E-state index is 0. The number of nitrogens with one attached hydrogen (secondary N) is 3. The van der Waals surface area contributed by atoms with E-state index < -0.39 is 10.0 Å². The third-order valence-corrected chi connectivity index (χ3v) is 7.07. The monoisotopic (exact) mass is 566 g/mol. The van der Waals surface area contributed by atoms with Gasteiger partial charge in [0.2, 0.25) is 10.0 Å². The molecule has 0 heterocycles. The molecule has 3 N–H and O–H groups in total. The molecule has 0 aromatic heterocycles. The predicted octanol–water partition coefficient (Wildman–Crippen LogP) is 3.64. The zero-order valence-corrected chi connectivity index (χ0v) is 22.2. The lowest BCUT2D eigenvalue weighted by atomic mass is 9.85. The normalized spacial score (nSPS) is 16.4. The number of rotatable bonds is 11. The molecule has 31 heavy (non-hydrogen) atoms. The van der Waals surface area contributed by atoms with Crippen molar-refractivity contribution >= 4 is 40.0 Å². The molecule has 0 radical (unpaired) electrons. The summed E-state index contributed by atoms with van der Waals surface area (Å²) in [6.45, 7) is 3.27. The van der Waals surface area contributed by atoms with Crippen LogP contribution >= 0.6 is 24.0 Å². The van der Waals surface area contributed by atoms with Crippen LogP contribution in [-0.2, 0) is 21.3 Å². The molecular formula is C22H39IN4O3S. The Balaban J connectivity index is 0.00000480. The summed E-state index contributed by atoms with van der Waals surface area (Å²) in [6, 6.07) is 7.28. The average Bonchev–Trinajstić information content (AvgIpc) is 2.76. The lowest BCUT2D eigenvalue weighted by Gasteiger charge is -2.24. The summed E-state index contributed by atoms with van der Waals surface area (Å²) in [5.74, 6) is 1.61. The van der Waals surface area contributed by atoms with Crippen LogP contribution in [-0.4, -0.2) is 47.7 Å². The first-order valence-electron chi connectivity index (χ1n) is 11.0. The van der Waals surface area contributed by atoms with E-state index in [1.807, 2.05) is 6.07 Å². The first-order valence-corrected chi connectivity index (χ1v) is 12.5. The van der Waals surface area contributed by atoms with E-state index in [1.54, 1.807) is 32.4 Å². The van der Waals surface area contributed by atoms with Gasteiger partial charge in [-0.1, -0.05) is 44.2 Å². The number of hydrogen-bond acceptors (Lipinski definition) is 4. The van der Waals surface area contributed by atoms with Gasteiger partial charge in [-0.2, -0.15) is 0 Å². The van der Waals surface area contributed by atoms with Gasteiger partial charge in [-0.3, -0.25) is 4.99 Å². The fraction of sp³-hybridized carbons (Fsp3) is 0.682. The van der Waals surface area contributed by atoms with Gasteiger partial charge in [-0.25, -0.2) is 13.1 Å². The van der Waals surface area contributed by atoms with Crippen LogP contribution in [0.2, 0.25) is 0 Å². The number of benzene rings is 1. The van der Waals surface area contributed by atoms with E-state index in [0.717, 1.165) is 23.9 Å². The Labute approximate surface area is 205 Å². The molecule has 1 aliphatic carbocycles. The first-order chi connectivity index (χ1) is 14.4. The molecule has 1 unspecified atom stereocenters. The molecule has 1 aromatic carbocycles. The fourth-order valence-electron chi connectivity index (χ4n) is 3.83. The van der Waals surface area contributed by atoms with Crippen molar-refractivity contribution < 1.29 is 13.2 Å². The van der Waals surface area contributed by atoms with Gasteiger partial charge in [-0.15, -0.1) is 24.0 Å². The van der Waals surface area contributed by atoms with Gasteiger partial charge in [0.1, 0.15) is 0 Å². The van der Waals surface area contributed by atoms with E-state index in [0.29, 0.717) is 19.2 Å². The summed E-state index contributed by atoms with van der Waals surface area (Å²) >= 11 is 0. The molecule has 0 amide bonds.